The molecular weight excluding hydrogens is 198 g/mol. The first-order chi connectivity index (χ1) is 7.63. The molecule has 0 bridgehead atoms. The topological polar surface area (TPSA) is 29.1 Å². The maximum atomic E-state index is 12.0. The fraction of sp³-hybridized carbons (Fsp3) is 0.500. The molecule has 0 fully saturated rings. The highest BCUT2D eigenvalue weighted by Gasteiger charge is 2.17. The fourth-order valence-electron chi connectivity index (χ4n) is 1.80. The molecule has 16 heavy (non-hydrogen) atoms. The summed E-state index contributed by atoms with van der Waals surface area (Å²) in [7, 11) is 1.86. The average Bonchev–Trinajstić information content (AvgIpc) is 2.26. The largest absolute Gasteiger partial charge is 0.311 e. The SMILES string of the molecule is CN[C@@H](CC(C)C)C(=O)Cc1ccccc1. The molecule has 0 saturated heterocycles. The van der Waals surface area contributed by atoms with Crippen LogP contribution in [0.5, 0.6) is 0 Å². The zero-order valence-corrected chi connectivity index (χ0v) is 10.4. The second-order valence-corrected chi connectivity index (χ2v) is 4.60. The summed E-state index contributed by atoms with van der Waals surface area (Å²) in [5, 5.41) is 3.10. The summed E-state index contributed by atoms with van der Waals surface area (Å²) in [5.74, 6) is 0.819. The Morgan fingerprint density at radius 2 is 1.88 bits per heavy atom. The van der Waals surface area contributed by atoms with E-state index in [9.17, 15) is 4.79 Å². The summed E-state index contributed by atoms with van der Waals surface area (Å²) >= 11 is 0. The first-order valence-corrected chi connectivity index (χ1v) is 5.87. The van der Waals surface area contributed by atoms with Crippen LogP contribution in [0.1, 0.15) is 25.8 Å². The van der Waals surface area contributed by atoms with Crippen molar-refractivity contribution in [3.05, 3.63) is 35.9 Å². The molecule has 0 radical (unpaired) electrons. The highest BCUT2D eigenvalue weighted by Crippen LogP contribution is 2.09. The second kappa shape index (κ2) is 6.44. The van der Waals surface area contributed by atoms with Crippen LogP contribution in [0.25, 0.3) is 0 Å². The average molecular weight is 219 g/mol. The van der Waals surface area contributed by atoms with Crippen molar-refractivity contribution >= 4 is 5.78 Å². The van der Waals surface area contributed by atoms with Crippen molar-refractivity contribution in [2.24, 2.45) is 5.92 Å². The molecule has 1 aromatic carbocycles. The van der Waals surface area contributed by atoms with E-state index in [1.165, 1.54) is 0 Å². The van der Waals surface area contributed by atoms with Crippen LogP contribution in [0.4, 0.5) is 0 Å². The molecular formula is C14H21NO. The van der Waals surface area contributed by atoms with E-state index < -0.39 is 0 Å². The highest BCUT2D eigenvalue weighted by atomic mass is 16.1. The number of benzene rings is 1. The molecule has 1 atom stereocenters. The van der Waals surface area contributed by atoms with Gasteiger partial charge >= 0.3 is 0 Å². The third-order valence-corrected chi connectivity index (χ3v) is 2.67. The van der Waals surface area contributed by atoms with E-state index in [-0.39, 0.29) is 11.8 Å². The van der Waals surface area contributed by atoms with Crippen LogP contribution in [0, 0.1) is 5.92 Å². The lowest BCUT2D eigenvalue weighted by atomic mass is 9.96. The van der Waals surface area contributed by atoms with Crippen molar-refractivity contribution in [1.82, 2.24) is 5.32 Å². The standard InChI is InChI=1S/C14H21NO/c1-11(2)9-13(15-3)14(16)10-12-7-5-4-6-8-12/h4-8,11,13,15H,9-10H2,1-3H3/t13-/m0/s1. The lowest BCUT2D eigenvalue weighted by molar-refractivity contribution is -0.120. The quantitative estimate of drug-likeness (QED) is 0.796. The van der Waals surface area contributed by atoms with E-state index in [4.69, 9.17) is 0 Å². The Labute approximate surface area is 98.1 Å². The van der Waals surface area contributed by atoms with E-state index in [2.05, 4.69) is 19.2 Å². The van der Waals surface area contributed by atoms with Crippen LogP contribution < -0.4 is 5.32 Å². The monoisotopic (exact) mass is 219 g/mol. The molecule has 0 unspecified atom stereocenters. The minimum Gasteiger partial charge on any atom is -0.311 e. The van der Waals surface area contributed by atoms with Gasteiger partial charge in [-0.1, -0.05) is 44.2 Å². The molecule has 0 amide bonds. The molecule has 0 aliphatic carbocycles. The molecule has 0 aliphatic heterocycles. The molecule has 0 aromatic heterocycles. The van der Waals surface area contributed by atoms with Crippen molar-refractivity contribution in [2.75, 3.05) is 7.05 Å². The van der Waals surface area contributed by atoms with Crippen LogP contribution in [0.2, 0.25) is 0 Å². The third kappa shape index (κ3) is 4.15. The van der Waals surface area contributed by atoms with Crippen LogP contribution in [0.3, 0.4) is 0 Å². The molecule has 88 valence electrons. The van der Waals surface area contributed by atoms with Crippen molar-refractivity contribution in [1.29, 1.82) is 0 Å². The molecule has 0 aliphatic rings. The molecule has 2 heteroatoms. The van der Waals surface area contributed by atoms with Gasteiger partial charge in [-0.2, -0.15) is 0 Å². The minimum absolute atomic E-state index is 0.0137. The van der Waals surface area contributed by atoms with Gasteiger partial charge in [0, 0.05) is 6.42 Å². The summed E-state index contributed by atoms with van der Waals surface area (Å²) in [6.07, 6.45) is 1.43. The number of Topliss-reactive ketones (excluding diaryl/α,β-unsaturated/α-hetero) is 1. The number of nitrogens with one attached hydrogen (secondary N) is 1. The Kier molecular flexibility index (Phi) is 5.20. The van der Waals surface area contributed by atoms with Gasteiger partial charge in [-0.3, -0.25) is 4.79 Å². The van der Waals surface area contributed by atoms with E-state index in [1.807, 2.05) is 37.4 Å². The number of hydrogen-bond acceptors (Lipinski definition) is 2. The first kappa shape index (κ1) is 12.9. The van der Waals surface area contributed by atoms with E-state index in [1.54, 1.807) is 0 Å². The van der Waals surface area contributed by atoms with Gasteiger partial charge < -0.3 is 5.32 Å². The zero-order chi connectivity index (χ0) is 12.0. The normalized spacial score (nSPS) is 12.8. The Morgan fingerprint density at radius 3 is 2.38 bits per heavy atom. The van der Waals surface area contributed by atoms with Crippen LogP contribution in [0.15, 0.2) is 30.3 Å². The van der Waals surface area contributed by atoms with Crippen molar-refractivity contribution in [3.63, 3.8) is 0 Å². The number of carbonyl (C=O) groups is 1. The van der Waals surface area contributed by atoms with Crippen LogP contribution in [-0.4, -0.2) is 18.9 Å². The number of likely N-dealkylation sites (N-methyl/N-ethyl adjacent to an activating group) is 1. The summed E-state index contributed by atoms with van der Waals surface area (Å²) in [6.45, 7) is 4.28. The van der Waals surface area contributed by atoms with Gasteiger partial charge in [-0.15, -0.1) is 0 Å². The smallest absolute Gasteiger partial charge is 0.154 e. The number of ketones is 1. The molecule has 0 spiro atoms. The molecule has 0 heterocycles. The molecule has 1 aromatic rings. The lowest BCUT2D eigenvalue weighted by Crippen LogP contribution is -2.36. The first-order valence-electron chi connectivity index (χ1n) is 5.87. The Hall–Kier alpha value is -1.15. The predicted molar refractivity (Wildman–Crippen MR) is 67.5 cm³/mol. The maximum Gasteiger partial charge on any atom is 0.154 e. The number of carbonyl (C=O) groups excluding carboxylic acids is 1. The van der Waals surface area contributed by atoms with Gasteiger partial charge in [-0.25, -0.2) is 0 Å². The molecule has 1 rings (SSSR count). The Bertz CT molecular complexity index is 319. The molecule has 1 N–H and O–H groups in total. The molecule has 2 nitrogen and oxygen atoms in total. The van der Waals surface area contributed by atoms with Gasteiger partial charge in [-0.05, 0) is 24.9 Å². The van der Waals surface area contributed by atoms with Crippen molar-refractivity contribution in [2.45, 2.75) is 32.7 Å². The van der Waals surface area contributed by atoms with Gasteiger partial charge in [0.25, 0.3) is 0 Å². The Balaban J connectivity index is 2.56. The number of rotatable bonds is 6. The number of hydrogen-bond donors (Lipinski definition) is 1. The maximum absolute atomic E-state index is 12.0. The highest BCUT2D eigenvalue weighted by molar-refractivity contribution is 5.86. The van der Waals surface area contributed by atoms with E-state index in [0.29, 0.717) is 12.3 Å². The minimum atomic E-state index is -0.0137. The summed E-state index contributed by atoms with van der Waals surface area (Å²) < 4.78 is 0. The van der Waals surface area contributed by atoms with E-state index >= 15 is 0 Å². The van der Waals surface area contributed by atoms with Crippen molar-refractivity contribution < 1.29 is 4.79 Å². The van der Waals surface area contributed by atoms with E-state index in [0.717, 1.165) is 12.0 Å². The van der Waals surface area contributed by atoms with Crippen LogP contribution >= 0.6 is 0 Å². The fourth-order valence-corrected chi connectivity index (χ4v) is 1.80. The third-order valence-electron chi connectivity index (χ3n) is 2.67. The Morgan fingerprint density at radius 1 is 1.25 bits per heavy atom. The lowest BCUT2D eigenvalue weighted by Gasteiger charge is -2.17. The van der Waals surface area contributed by atoms with Gasteiger partial charge in [0.1, 0.15) is 0 Å². The second-order valence-electron chi connectivity index (χ2n) is 4.60. The molecule has 0 saturated carbocycles. The summed E-state index contributed by atoms with van der Waals surface area (Å²) in [4.78, 5) is 12.0. The van der Waals surface area contributed by atoms with Gasteiger partial charge in [0.15, 0.2) is 5.78 Å². The van der Waals surface area contributed by atoms with Gasteiger partial charge in [0.2, 0.25) is 0 Å². The van der Waals surface area contributed by atoms with Crippen LogP contribution in [-0.2, 0) is 11.2 Å². The van der Waals surface area contributed by atoms with Crippen molar-refractivity contribution in [3.8, 4) is 0 Å². The zero-order valence-electron chi connectivity index (χ0n) is 10.4. The van der Waals surface area contributed by atoms with Gasteiger partial charge in [0.05, 0.1) is 6.04 Å². The summed E-state index contributed by atoms with van der Waals surface area (Å²) in [5.41, 5.74) is 1.09. The summed E-state index contributed by atoms with van der Waals surface area (Å²) in [6, 6.07) is 9.90. The predicted octanol–water partition coefficient (Wildman–Crippen LogP) is 2.43.